The maximum Gasteiger partial charge on any atom is 0.257 e. The van der Waals surface area contributed by atoms with E-state index in [1.807, 2.05) is 24.3 Å². The predicted molar refractivity (Wildman–Crippen MR) is 89.0 cm³/mol. The summed E-state index contributed by atoms with van der Waals surface area (Å²) in [5.41, 5.74) is 7.70. The van der Waals surface area contributed by atoms with Gasteiger partial charge in [0.1, 0.15) is 0 Å². The first-order valence-corrected chi connectivity index (χ1v) is 8.60. The van der Waals surface area contributed by atoms with Crippen LogP contribution in [0.3, 0.4) is 0 Å². The summed E-state index contributed by atoms with van der Waals surface area (Å²) < 4.78 is 5.38. The van der Waals surface area contributed by atoms with Crippen LogP contribution in [0.25, 0.3) is 11.5 Å². The Morgan fingerprint density at radius 1 is 1.20 bits per heavy atom. The molecule has 1 atom stereocenters. The fraction of sp³-hybridized carbons (Fsp3) is 0.444. The topological polar surface area (TPSA) is 111 Å². The van der Waals surface area contributed by atoms with Gasteiger partial charge in [-0.3, -0.25) is 14.9 Å². The van der Waals surface area contributed by atoms with Crippen molar-refractivity contribution in [3.8, 4) is 11.5 Å². The molecule has 0 radical (unpaired) electrons. The molecule has 7 nitrogen and oxygen atoms in total. The van der Waals surface area contributed by atoms with Gasteiger partial charge in [0.15, 0.2) is 5.82 Å². The van der Waals surface area contributed by atoms with Crippen molar-refractivity contribution in [1.29, 1.82) is 0 Å². The summed E-state index contributed by atoms with van der Waals surface area (Å²) in [6.07, 6.45) is 4.74. The molecule has 2 fully saturated rings. The molecular formula is C18H20N4O3. The number of benzene rings is 1. The average Bonchev–Trinajstić information content (AvgIpc) is 3.30. The van der Waals surface area contributed by atoms with Gasteiger partial charge in [0.05, 0.1) is 11.5 Å². The van der Waals surface area contributed by atoms with Crippen LogP contribution in [0.15, 0.2) is 28.8 Å². The molecule has 2 aromatic rings. The van der Waals surface area contributed by atoms with E-state index in [1.54, 1.807) is 0 Å². The first-order valence-electron chi connectivity index (χ1n) is 8.60. The van der Waals surface area contributed by atoms with Crippen molar-refractivity contribution in [2.45, 2.75) is 44.1 Å². The highest BCUT2D eigenvalue weighted by Crippen LogP contribution is 2.35. The first kappa shape index (κ1) is 16.0. The molecule has 0 spiro atoms. The SMILES string of the molecule is NC1(c2noc(-c3ccc(CC4CC(=O)NC4=O)cc3)n2)CCCC1. The normalized spacial score (nSPS) is 22.4. The van der Waals surface area contributed by atoms with Crippen molar-refractivity contribution in [1.82, 2.24) is 15.5 Å². The van der Waals surface area contributed by atoms with Gasteiger partial charge in [-0.05, 0) is 37.0 Å². The van der Waals surface area contributed by atoms with Gasteiger partial charge in [0.25, 0.3) is 5.89 Å². The molecule has 2 amide bonds. The molecular weight excluding hydrogens is 320 g/mol. The monoisotopic (exact) mass is 340 g/mol. The van der Waals surface area contributed by atoms with E-state index in [-0.39, 0.29) is 24.2 Å². The number of nitrogens with two attached hydrogens (primary N) is 1. The number of hydrogen-bond acceptors (Lipinski definition) is 6. The molecule has 7 heteroatoms. The van der Waals surface area contributed by atoms with Gasteiger partial charge in [0, 0.05) is 12.0 Å². The third kappa shape index (κ3) is 3.07. The molecule has 1 aliphatic heterocycles. The quantitative estimate of drug-likeness (QED) is 0.819. The maximum atomic E-state index is 11.7. The van der Waals surface area contributed by atoms with Gasteiger partial charge in [-0.25, -0.2) is 0 Å². The van der Waals surface area contributed by atoms with E-state index in [1.165, 1.54) is 0 Å². The second-order valence-electron chi connectivity index (χ2n) is 7.00. The number of aromatic nitrogens is 2. The first-order chi connectivity index (χ1) is 12.0. The van der Waals surface area contributed by atoms with E-state index in [0.717, 1.165) is 36.8 Å². The molecule has 25 heavy (non-hydrogen) atoms. The van der Waals surface area contributed by atoms with Crippen LogP contribution in [-0.4, -0.2) is 22.0 Å². The molecule has 0 bridgehead atoms. The lowest BCUT2D eigenvalue weighted by Crippen LogP contribution is -2.34. The van der Waals surface area contributed by atoms with Crippen molar-refractivity contribution in [2.24, 2.45) is 11.7 Å². The van der Waals surface area contributed by atoms with Gasteiger partial charge >= 0.3 is 0 Å². The highest BCUT2D eigenvalue weighted by Gasteiger charge is 2.36. The standard InChI is InChI=1S/C18H20N4O3/c19-18(7-1-2-8-18)17-21-16(25-22-17)12-5-3-11(4-6-12)9-13-10-14(23)20-15(13)24/h3-6,13H,1-2,7-10,19H2,(H,20,23,24). The van der Waals surface area contributed by atoms with Crippen LogP contribution >= 0.6 is 0 Å². The number of hydrogen-bond donors (Lipinski definition) is 2. The largest absolute Gasteiger partial charge is 0.334 e. The number of nitrogens with zero attached hydrogens (tertiary/aromatic N) is 2. The van der Waals surface area contributed by atoms with Gasteiger partial charge < -0.3 is 10.3 Å². The second-order valence-corrected chi connectivity index (χ2v) is 7.00. The van der Waals surface area contributed by atoms with Crippen LogP contribution in [0, 0.1) is 5.92 Å². The molecule has 130 valence electrons. The van der Waals surface area contributed by atoms with E-state index >= 15 is 0 Å². The molecule has 4 rings (SSSR count). The summed E-state index contributed by atoms with van der Waals surface area (Å²) in [6.45, 7) is 0. The average molecular weight is 340 g/mol. The van der Waals surface area contributed by atoms with E-state index in [2.05, 4.69) is 15.5 Å². The Morgan fingerprint density at radius 3 is 2.56 bits per heavy atom. The van der Waals surface area contributed by atoms with Gasteiger partial charge in [-0.1, -0.05) is 30.1 Å². The number of nitrogens with one attached hydrogen (secondary N) is 1. The van der Waals surface area contributed by atoms with Crippen molar-refractivity contribution in [2.75, 3.05) is 0 Å². The smallest absolute Gasteiger partial charge is 0.257 e. The third-order valence-corrected chi connectivity index (χ3v) is 5.12. The fourth-order valence-electron chi connectivity index (χ4n) is 3.61. The van der Waals surface area contributed by atoms with E-state index < -0.39 is 5.54 Å². The van der Waals surface area contributed by atoms with Crippen molar-refractivity contribution < 1.29 is 14.1 Å². The zero-order valence-corrected chi connectivity index (χ0v) is 13.8. The highest BCUT2D eigenvalue weighted by molar-refractivity contribution is 6.03. The summed E-state index contributed by atoms with van der Waals surface area (Å²) in [4.78, 5) is 27.4. The zero-order chi connectivity index (χ0) is 17.4. The van der Waals surface area contributed by atoms with Crippen LogP contribution in [0.1, 0.15) is 43.5 Å². The molecule has 1 unspecified atom stereocenters. The summed E-state index contributed by atoms with van der Waals surface area (Å²) >= 11 is 0. The number of amides is 2. The second kappa shape index (κ2) is 6.07. The highest BCUT2D eigenvalue weighted by atomic mass is 16.5. The Balaban J connectivity index is 1.48. The van der Waals surface area contributed by atoms with Crippen molar-refractivity contribution in [3.05, 3.63) is 35.7 Å². The van der Waals surface area contributed by atoms with E-state index in [9.17, 15) is 9.59 Å². The molecule has 2 heterocycles. The van der Waals surface area contributed by atoms with Crippen LogP contribution in [0.4, 0.5) is 0 Å². The van der Waals surface area contributed by atoms with E-state index in [4.69, 9.17) is 10.3 Å². The lowest BCUT2D eigenvalue weighted by Gasteiger charge is -2.17. The molecule has 1 aromatic carbocycles. The van der Waals surface area contributed by atoms with Crippen LogP contribution < -0.4 is 11.1 Å². The number of imide groups is 1. The van der Waals surface area contributed by atoms with Gasteiger partial charge in [-0.2, -0.15) is 4.98 Å². The number of carbonyl (C=O) groups is 2. The molecule has 2 aliphatic rings. The minimum atomic E-state index is -0.468. The Bertz CT molecular complexity index is 806. The minimum absolute atomic E-state index is 0.194. The molecule has 1 saturated heterocycles. The Morgan fingerprint density at radius 2 is 1.92 bits per heavy atom. The van der Waals surface area contributed by atoms with Gasteiger partial charge in [-0.15, -0.1) is 0 Å². The van der Waals surface area contributed by atoms with Crippen molar-refractivity contribution >= 4 is 11.8 Å². The summed E-state index contributed by atoms with van der Waals surface area (Å²) in [5.74, 6) is 0.346. The Kier molecular flexibility index (Phi) is 3.88. The fourth-order valence-corrected chi connectivity index (χ4v) is 3.61. The predicted octanol–water partition coefficient (Wildman–Crippen LogP) is 1.67. The van der Waals surface area contributed by atoms with Crippen LogP contribution in [0.2, 0.25) is 0 Å². The van der Waals surface area contributed by atoms with Gasteiger partial charge in [0.2, 0.25) is 11.8 Å². The zero-order valence-electron chi connectivity index (χ0n) is 13.8. The minimum Gasteiger partial charge on any atom is -0.334 e. The molecule has 1 saturated carbocycles. The molecule has 1 aromatic heterocycles. The van der Waals surface area contributed by atoms with Crippen molar-refractivity contribution in [3.63, 3.8) is 0 Å². The van der Waals surface area contributed by atoms with E-state index in [0.29, 0.717) is 18.1 Å². The van der Waals surface area contributed by atoms with Crippen LogP contribution in [-0.2, 0) is 21.5 Å². The number of carbonyl (C=O) groups excluding carboxylic acids is 2. The number of rotatable bonds is 4. The lowest BCUT2D eigenvalue weighted by molar-refractivity contribution is -0.125. The van der Waals surface area contributed by atoms with Crippen LogP contribution in [0.5, 0.6) is 0 Å². The lowest BCUT2D eigenvalue weighted by atomic mass is 9.97. The summed E-state index contributed by atoms with van der Waals surface area (Å²) in [5, 5.41) is 6.40. The Labute approximate surface area is 145 Å². The molecule has 1 aliphatic carbocycles. The summed E-state index contributed by atoms with van der Waals surface area (Å²) in [7, 11) is 0. The maximum absolute atomic E-state index is 11.7. The summed E-state index contributed by atoms with van der Waals surface area (Å²) in [6, 6.07) is 7.62. The molecule has 3 N–H and O–H groups in total. The third-order valence-electron chi connectivity index (χ3n) is 5.12. The Hall–Kier alpha value is -2.54.